The van der Waals surface area contributed by atoms with Gasteiger partial charge in [0.15, 0.2) is 0 Å². The van der Waals surface area contributed by atoms with E-state index in [0.29, 0.717) is 23.9 Å². The van der Waals surface area contributed by atoms with Gasteiger partial charge < -0.3 is 24.9 Å². The monoisotopic (exact) mass is 986 g/mol. The molecule has 0 saturated heterocycles. The third-order valence-corrected chi connectivity index (χ3v) is 12.9. The predicted octanol–water partition coefficient (Wildman–Crippen LogP) is 15.6. The van der Waals surface area contributed by atoms with Gasteiger partial charge >= 0.3 is 7.82 Å². The van der Waals surface area contributed by atoms with Crippen molar-refractivity contribution >= 4 is 13.7 Å². The quantitative estimate of drug-likeness (QED) is 0.0207. The number of hydrogen-bond donors (Lipinski definition) is 4. The molecule has 0 rings (SSSR count). The van der Waals surface area contributed by atoms with Crippen molar-refractivity contribution in [3.8, 4) is 0 Å². The van der Waals surface area contributed by atoms with E-state index in [1.807, 2.05) is 21.1 Å². The first-order valence-electron chi connectivity index (χ1n) is 27.7. The summed E-state index contributed by atoms with van der Waals surface area (Å²) in [6.07, 6.45) is 66.2. The number of unbranched alkanes of at least 4 members (excludes halogenated alkanes) is 19. The molecule has 4 N–H and O–H groups in total. The van der Waals surface area contributed by atoms with Gasteiger partial charge in [0.25, 0.3) is 0 Å². The topological polar surface area (TPSA) is 125 Å². The van der Waals surface area contributed by atoms with E-state index in [1.165, 1.54) is 83.5 Å². The van der Waals surface area contributed by atoms with Gasteiger partial charge in [0.05, 0.1) is 39.9 Å². The average molecular weight is 986 g/mol. The fourth-order valence-corrected chi connectivity index (χ4v) is 8.31. The normalized spacial score (nSPS) is 15.2. The van der Waals surface area contributed by atoms with E-state index in [2.05, 4.69) is 116 Å². The lowest BCUT2D eigenvalue weighted by molar-refractivity contribution is -0.870. The molecular weight excluding hydrogens is 880 g/mol. The maximum atomic E-state index is 13.0. The van der Waals surface area contributed by atoms with Gasteiger partial charge in [-0.25, -0.2) is 4.57 Å². The lowest BCUT2D eigenvalue weighted by Gasteiger charge is -2.28. The van der Waals surface area contributed by atoms with Crippen LogP contribution >= 0.6 is 7.82 Å². The van der Waals surface area contributed by atoms with Crippen LogP contribution in [0, 0.1) is 0 Å². The van der Waals surface area contributed by atoms with Crippen LogP contribution in [0.1, 0.15) is 213 Å². The van der Waals surface area contributed by atoms with E-state index in [4.69, 9.17) is 9.05 Å². The Balaban J connectivity index is 4.25. The van der Waals surface area contributed by atoms with Crippen LogP contribution in [0.4, 0.5) is 0 Å². The molecule has 9 nitrogen and oxygen atoms in total. The van der Waals surface area contributed by atoms with Gasteiger partial charge in [-0.15, -0.1) is 0 Å². The van der Waals surface area contributed by atoms with Crippen molar-refractivity contribution in [2.75, 3.05) is 40.9 Å². The second-order valence-electron chi connectivity index (χ2n) is 19.7. The minimum atomic E-state index is -4.43. The van der Waals surface area contributed by atoms with Gasteiger partial charge in [0.1, 0.15) is 19.3 Å². The van der Waals surface area contributed by atoms with Gasteiger partial charge in [-0.05, 0) is 77.0 Å². The Hall–Kier alpha value is -2.62. The molecule has 0 bridgehead atoms. The number of nitrogens with zero attached hydrogens (tertiary/aromatic N) is 1. The Bertz CT molecular complexity index is 1460. The SMILES string of the molecule is CC/C=C\C/C=C\C/C=C\C/C=C\C/C=C\C/C=C\C/C=C\C/C=C\CCCCCCCCCCC(=O)NC(COP(=O)(O)OCC[N+](C)(C)C)C(O)C(O)CCCCCCCCCCCCCC. The second kappa shape index (κ2) is 49.0. The number of aliphatic hydroxyl groups is 2. The molecule has 0 radical (unpaired) electrons. The van der Waals surface area contributed by atoms with Gasteiger partial charge in [0.2, 0.25) is 5.91 Å². The first-order valence-corrected chi connectivity index (χ1v) is 29.2. The first kappa shape index (κ1) is 66.4. The molecule has 0 aromatic rings. The molecule has 0 heterocycles. The summed E-state index contributed by atoms with van der Waals surface area (Å²) in [6, 6.07) is -1.04. The van der Waals surface area contributed by atoms with Crippen molar-refractivity contribution in [2.24, 2.45) is 0 Å². The number of rotatable bonds is 49. The summed E-state index contributed by atoms with van der Waals surface area (Å²) >= 11 is 0. The zero-order chi connectivity index (χ0) is 50.8. The number of phosphoric acid groups is 1. The molecule has 10 heteroatoms. The highest BCUT2D eigenvalue weighted by atomic mass is 31.2. The second-order valence-corrected chi connectivity index (χ2v) is 21.2. The van der Waals surface area contributed by atoms with Crippen LogP contribution < -0.4 is 5.32 Å². The van der Waals surface area contributed by atoms with E-state index >= 15 is 0 Å². The fraction of sp³-hybridized carbons (Fsp3) is 0.712. The maximum Gasteiger partial charge on any atom is 0.472 e. The van der Waals surface area contributed by atoms with Crippen LogP contribution in [0.5, 0.6) is 0 Å². The molecule has 398 valence electrons. The largest absolute Gasteiger partial charge is 0.472 e. The summed E-state index contributed by atoms with van der Waals surface area (Å²) in [5.74, 6) is -0.271. The van der Waals surface area contributed by atoms with E-state index in [1.54, 1.807) is 0 Å². The number of aliphatic hydroxyl groups excluding tert-OH is 2. The van der Waals surface area contributed by atoms with Crippen molar-refractivity contribution in [1.82, 2.24) is 5.32 Å². The molecule has 69 heavy (non-hydrogen) atoms. The molecule has 0 aliphatic rings. The first-order chi connectivity index (χ1) is 33.4. The van der Waals surface area contributed by atoms with E-state index in [-0.39, 0.29) is 18.9 Å². The van der Waals surface area contributed by atoms with Gasteiger partial charge in [-0.2, -0.15) is 0 Å². The van der Waals surface area contributed by atoms with Crippen molar-refractivity contribution in [3.63, 3.8) is 0 Å². The van der Waals surface area contributed by atoms with Crippen LogP contribution in [0.2, 0.25) is 0 Å². The number of amides is 1. The van der Waals surface area contributed by atoms with Crippen molar-refractivity contribution in [3.05, 3.63) is 97.2 Å². The molecular formula is C59H106N2O7P+. The molecule has 0 aromatic carbocycles. The number of quaternary nitrogens is 1. The third kappa shape index (κ3) is 50.1. The molecule has 0 aliphatic carbocycles. The molecule has 1 amide bonds. The predicted molar refractivity (Wildman–Crippen MR) is 296 cm³/mol. The molecule has 4 unspecified atom stereocenters. The Labute approximate surface area is 424 Å². The molecule has 0 saturated carbocycles. The summed E-state index contributed by atoms with van der Waals surface area (Å²) in [5, 5.41) is 24.8. The maximum absolute atomic E-state index is 13.0. The molecule has 0 spiro atoms. The summed E-state index contributed by atoms with van der Waals surface area (Å²) in [4.78, 5) is 23.3. The fourth-order valence-electron chi connectivity index (χ4n) is 7.57. The van der Waals surface area contributed by atoms with E-state index in [0.717, 1.165) is 96.3 Å². The number of likely N-dealkylation sites (N-methyl/N-ethyl adjacent to an activating group) is 1. The number of carbonyl (C=O) groups is 1. The van der Waals surface area contributed by atoms with Crippen LogP contribution in [0.15, 0.2) is 97.2 Å². The van der Waals surface area contributed by atoms with Crippen LogP contribution in [0.25, 0.3) is 0 Å². The van der Waals surface area contributed by atoms with Gasteiger partial charge in [-0.3, -0.25) is 13.8 Å². The molecule has 0 fully saturated rings. The smallest absolute Gasteiger partial charge is 0.390 e. The Kier molecular flexibility index (Phi) is 47.1. The number of phosphoric ester groups is 1. The van der Waals surface area contributed by atoms with Gasteiger partial charge in [0, 0.05) is 6.42 Å². The van der Waals surface area contributed by atoms with Crippen LogP contribution in [-0.2, 0) is 18.4 Å². The lowest BCUT2D eigenvalue weighted by atomic mass is 9.99. The molecule has 0 aromatic heterocycles. The number of nitrogens with one attached hydrogen (secondary N) is 1. The zero-order valence-electron chi connectivity index (χ0n) is 44.9. The average Bonchev–Trinajstić information content (AvgIpc) is 3.31. The molecule has 4 atom stereocenters. The number of hydrogen-bond acceptors (Lipinski definition) is 6. The van der Waals surface area contributed by atoms with Crippen molar-refractivity contribution in [2.45, 2.75) is 231 Å². The Morgan fingerprint density at radius 1 is 0.522 bits per heavy atom. The molecule has 0 aliphatic heterocycles. The highest BCUT2D eigenvalue weighted by Gasteiger charge is 2.31. The highest BCUT2D eigenvalue weighted by Crippen LogP contribution is 2.43. The van der Waals surface area contributed by atoms with Gasteiger partial charge in [-0.1, -0.05) is 227 Å². The summed E-state index contributed by atoms with van der Waals surface area (Å²) in [6.45, 7) is 4.47. The summed E-state index contributed by atoms with van der Waals surface area (Å²) in [7, 11) is 1.42. The number of allylic oxidation sites excluding steroid dienone is 16. The highest BCUT2D eigenvalue weighted by molar-refractivity contribution is 7.47. The summed E-state index contributed by atoms with van der Waals surface area (Å²) < 4.78 is 23.6. The van der Waals surface area contributed by atoms with Crippen LogP contribution in [-0.4, -0.2) is 84.6 Å². The zero-order valence-corrected chi connectivity index (χ0v) is 45.8. The van der Waals surface area contributed by atoms with Crippen LogP contribution in [0.3, 0.4) is 0 Å². The van der Waals surface area contributed by atoms with Crippen molar-refractivity contribution in [1.29, 1.82) is 0 Å². The summed E-state index contributed by atoms with van der Waals surface area (Å²) in [5.41, 5.74) is 0. The minimum absolute atomic E-state index is 0.0154. The Morgan fingerprint density at radius 3 is 1.32 bits per heavy atom. The van der Waals surface area contributed by atoms with E-state index in [9.17, 15) is 24.5 Å². The third-order valence-electron chi connectivity index (χ3n) is 11.9. The van der Waals surface area contributed by atoms with E-state index < -0.39 is 32.7 Å². The standard InChI is InChI=1S/C59H105N2O7P/c1-6-8-10-12-14-16-18-20-21-22-23-24-25-26-27-28-29-30-31-32-33-34-35-36-37-38-39-40-42-44-46-48-50-52-58(63)60-56(55-68-69(65,66)67-54-53-61(3,4)5)59(64)57(62)51-49-47-45-43-41-19-17-15-13-11-9-7-2/h8,10,14,16,20-21,23-24,26-27,29-30,32-33,35-36,56-57,59,62,64H,6-7,9,11-13,15,17-19,22,25,28,31,34,37-55H2,1-5H3,(H-,60,63,65,66)/p+1/b10-8-,16-14-,21-20-,24-23-,27-26-,30-29-,33-32-,36-35-. The Morgan fingerprint density at radius 2 is 0.899 bits per heavy atom. The van der Waals surface area contributed by atoms with Crippen molar-refractivity contribution < 1.29 is 38.0 Å². The number of carbonyl (C=O) groups excluding carboxylic acids is 1. The lowest BCUT2D eigenvalue weighted by Crippen LogP contribution is -2.51. The minimum Gasteiger partial charge on any atom is -0.390 e.